The number of likely N-dealkylation sites (tertiary alicyclic amines) is 1. The Morgan fingerprint density at radius 3 is 2.64 bits per heavy atom. The highest BCUT2D eigenvalue weighted by molar-refractivity contribution is 5.85. The van der Waals surface area contributed by atoms with Crippen LogP contribution in [0.25, 0.3) is 0 Å². The van der Waals surface area contributed by atoms with Crippen LogP contribution in [0.15, 0.2) is 28.6 Å². The van der Waals surface area contributed by atoms with E-state index in [0.29, 0.717) is 44.5 Å². The quantitative estimate of drug-likeness (QED) is 0.773. The maximum atomic E-state index is 12.4. The summed E-state index contributed by atoms with van der Waals surface area (Å²) < 4.78 is 1.81. The van der Waals surface area contributed by atoms with E-state index in [1.807, 2.05) is 4.90 Å². The first kappa shape index (κ1) is 17.2. The van der Waals surface area contributed by atoms with Crippen molar-refractivity contribution >= 4 is 11.9 Å². The zero-order valence-corrected chi connectivity index (χ0v) is 14.1. The van der Waals surface area contributed by atoms with Crippen LogP contribution in [0, 0.1) is 12.3 Å². The fourth-order valence-corrected chi connectivity index (χ4v) is 3.42. The van der Waals surface area contributed by atoms with Gasteiger partial charge in [-0.1, -0.05) is 0 Å². The molecule has 1 aromatic heterocycles. The van der Waals surface area contributed by atoms with Gasteiger partial charge in [-0.15, -0.1) is 12.3 Å². The van der Waals surface area contributed by atoms with Crippen molar-refractivity contribution in [2.24, 2.45) is 10.2 Å². The highest BCUT2D eigenvalue weighted by Crippen LogP contribution is 2.38. The molecule has 132 valence electrons. The second kappa shape index (κ2) is 7.09. The Balaban J connectivity index is 1.47. The van der Waals surface area contributed by atoms with E-state index in [4.69, 9.17) is 6.42 Å². The van der Waals surface area contributed by atoms with Crippen molar-refractivity contribution in [1.29, 1.82) is 0 Å². The minimum atomic E-state index is -0.919. The zero-order chi connectivity index (χ0) is 17.9. The molecule has 0 saturated carbocycles. The number of nitrogens with zero attached hydrogens (tertiary/aromatic N) is 4. The minimum Gasteiger partial charge on any atom is -0.477 e. The molecular weight excluding hydrogens is 320 g/mol. The van der Waals surface area contributed by atoms with Crippen molar-refractivity contribution in [3.8, 4) is 12.3 Å². The number of carbonyl (C=O) groups excluding carboxylic acids is 1. The predicted molar refractivity (Wildman–Crippen MR) is 91.1 cm³/mol. The van der Waals surface area contributed by atoms with E-state index < -0.39 is 11.6 Å². The van der Waals surface area contributed by atoms with E-state index in [1.54, 1.807) is 22.9 Å². The third kappa shape index (κ3) is 3.90. The van der Waals surface area contributed by atoms with Crippen LogP contribution >= 0.6 is 0 Å². The van der Waals surface area contributed by atoms with Crippen LogP contribution < -0.4 is 0 Å². The van der Waals surface area contributed by atoms with Crippen LogP contribution in [0.4, 0.5) is 0 Å². The molecule has 0 aromatic carbocycles. The molecule has 0 unspecified atom stereocenters. The third-order valence-electron chi connectivity index (χ3n) is 5.00. The second-order valence-electron chi connectivity index (χ2n) is 6.60. The van der Waals surface area contributed by atoms with Crippen molar-refractivity contribution in [3.05, 3.63) is 24.0 Å². The number of rotatable bonds is 7. The molecule has 0 bridgehead atoms. The fourth-order valence-electron chi connectivity index (χ4n) is 3.42. The third-order valence-corrected chi connectivity index (χ3v) is 5.00. The lowest BCUT2D eigenvalue weighted by atomic mass is 10.0. The van der Waals surface area contributed by atoms with Crippen molar-refractivity contribution in [2.75, 3.05) is 13.1 Å². The van der Waals surface area contributed by atoms with Crippen LogP contribution in [0.1, 0.15) is 55.1 Å². The molecule has 3 rings (SSSR count). The highest BCUT2D eigenvalue weighted by atomic mass is 16.4. The molecule has 1 amide bonds. The molecular formula is C18H22N4O3. The Hall–Kier alpha value is -2.62. The van der Waals surface area contributed by atoms with Gasteiger partial charge in [-0.2, -0.15) is 10.2 Å². The Kier molecular flexibility index (Phi) is 4.88. The number of piperidine rings is 1. The number of hydrogen-bond donors (Lipinski definition) is 1. The van der Waals surface area contributed by atoms with Crippen LogP contribution in [0.3, 0.4) is 0 Å². The maximum absolute atomic E-state index is 12.4. The summed E-state index contributed by atoms with van der Waals surface area (Å²) in [6, 6.07) is 3.48. The molecule has 1 N–H and O–H groups in total. The van der Waals surface area contributed by atoms with Gasteiger partial charge >= 0.3 is 5.97 Å². The van der Waals surface area contributed by atoms with Gasteiger partial charge in [0, 0.05) is 51.0 Å². The van der Waals surface area contributed by atoms with E-state index in [9.17, 15) is 14.7 Å². The lowest BCUT2D eigenvalue weighted by molar-refractivity contribution is -0.132. The number of hydrogen-bond acceptors (Lipinski definition) is 4. The molecule has 7 nitrogen and oxygen atoms in total. The van der Waals surface area contributed by atoms with Gasteiger partial charge in [-0.25, -0.2) is 4.79 Å². The first-order valence-corrected chi connectivity index (χ1v) is 8.60. The van der Waals surface area contributed by atoms with E-state index in [0.717, 1.165) is 12.8 Å². The van der Waals surface area contributed by atoms with E-state index >= 15 is 0 Å². The van der Waals surface area contributed by atoms with Gasteiger partial charge in [-0.05, 0) is 25.0 Å². The van der Waals surface area contributed by atoms with Gasteiger partial charge < -0.3 is 14.6 Å². The van der Waals surface area contributed by atoms with Gasteiger partial charge in [0.2, 0.25) is 5.91 Å². The standard InChI is InChI=1S/C18H22N4O3/c1-2-3-9-18(19-20-18)10-6-16(23)21-12-7-14(8-13-21)22-11-4-5-15(22)17(24)25/h1,4-5,11,14H,3,6-10,12-13H2,(H,24,25). The lowest BCUT2D eigenvalue weighted by Crippen LogP contribution is -2.39. The number of aromatic nitrogens is 1. The van der Waals surface area contributed by atoms with E-state index in [1.165, 1.54) is 0 Å². The molecule has 25 heavy (non-hydrogen) atoms. The summed E-state index contributed by atoms with van der Waals surface area (Å²) in [5.74, 6) is 1.78. The van der Waals surface area contributed by atoms with Crippen LogP contribution in [-0.4, -0.2) is 45.2 Å². The molecule has 1 saturated heterocycles. The smallest absolute Gasteiger partial charge is 0.352 e. The van der Waals surface area contributed by atoms with Gasteiger partial charge in [0.1, 0.15) is 5.69 Å². The van der Waals surface area contributed by atoms with Crippen molar-refractivity contribution < 1.29 is 14.7 Å². The topological polar surface area (TPSA) is 87.3 Å². The van der Waals surface area contributed by atoms with E-state index in [-0.39, 0.29) is 11.9 Å². The average molecular weight is 342 g/mol. The normalized spacial score (nSPS) is 18.8. The summed E-state index contributed by atoms with van der Waals surface area (Å²) in [6.45, 7) is 1.29. The van der Waals surface area contributed by atoms with Gasteiger partial charge in [0.25, 0.3) is 0 Å². The summed E-state index contributed by atoms with van der Waals surface area (Å²) in [7, 11) is 0. The minimum absolute atomic E-state index is 0.113. The van der Waals surface area contributed by atoms with Crippen molar-refractivity contribution in [3.63, 3.8) is 0 Å². The molecule has 2 aliphatic heterocycles. The predicted octanol–water partition coefficient (Wildman–Crippen LogP) is 2.71. The molecule has 1 fully saturated rings. The van der Waals surface area contributed by atoms with Crippen LogP contribution in [-0.2, 0) is 4.79 Å². The molecule has 0 atom stereocenters. The van der Waals surface area contributed by atoms with Gasteiger partial charge in [0.15, 0.2) is 5.66 Å². The Labute approximate surface area is 146 Å². The molecule has 2 aliphatic rings. The fraction of sp³-hybridized carbons (Fsp3) is 0.556. The summed E-state index contributed by atoms with van der Waals surface area (Å²) in [5.41, 5.74) is -0.112. The van der Waals surface area contributed by atoms with Crippen LogP contribution in [0.5, 0.6) is 0 Å². The van der Waals surface area contributed by atoms with Gasteiger partial charge in [-0.3, -0.25) is 4.79 Å². The first-order valence-electron chi connectivity index (χ1n) is 8.60. The molecule has 0 aliphatic carbocycles. The number of aromatic carboxylic acids is 1. The first-order chi connectivity index (χ1) is 12.0. The Morgan fingerprint density at radius 2 is 2.04 bits per heavy atom. The number of carboxylic acids is 1. The number of terminal acetylenes is 1. The summed E-state index contributed by atoms with van der Waals surface area (Å²) in [6.07, 6.45) is 11.0. The average Bonchev–Trinajstić information content (AvgIpc) is 3.21. The van der Waals surface area contributed by atoms with E-state index in [2.05, 4.69) is 16.1 Å². The SMILES string of the molecule is C#CCCC1(CCC(=O)N2CCC(n3cccc3C(=O)O)CC2)N=N1. The number of amides is 1. The van der Waals surface area contributed by atoms with Gasteiger partial charge in [0.05, 0.1) is 0 Å². The van der Waals surface area contributed by atoms with Crippen LogP contribution in [0.2, 0.25) is 0 Å². The molecule has 7 heteroatoms. The largest absolute Gasteiger partial charge is 0.477 e. The monoisotopic (exact) mass is 342 g/mol. The summed E-state index contributed by atoms with van der Waals surface area (Å²) in [4.78, 5) is 25.5. The summed E-state index contributed by atoms with van der Waals surface area (Å²) >= 11 is 0. The second-order valence-corrected chi connectivity index (χ2v) is 6.60. The maximum Gasteiger partial charge on any atom is 0.352 e. The number of carbonyl (C=O) groups is 2. The van der Waals surface area contributed by atoms with Crippen molar-refractivity contribution in [2.45, 2.75) is 50.2 Å². The highest BCUT2D eigenvalue weighted by Gasteiger charge is 2.39. The zero-order valence-electron chi connectivity index (χ0n) is 14.1. The number of carboxylic acid groups (broad SMARTS) is 1. The molecule has 3 heterocycles. The molecule has 0 spiro atoms. The molecule has 1 aromatic rings. The Bertz CT molecular complexity index is 717. The summed E-state index contributed by atoms with van der Waals surface area (Å²) in [5, 5.41) is 17.3. The van der Waals surface area contributed by atoms with Crippen molar-refractivity contribution in [1.82, 2.24) is 9.47 Å². The molecule has 0 radical (unpaired) electrons. The Morgan fingerprint density at radius 1 is 1.32 bits per heavy atom. The lowest BCUT2D eigenvalue weighted by Gasteiger charge is -2.33.